The Morgan fingerprint density at radius 3 is 2.61 bits per heavy atom. The number of rotatable bonds is 5. The Hall–Kier alpha value is -1.93. The number of hydrogen-bond donors (Lipinski definition) is 2. The van der Waals surface area contributed by atoms with Crippen molar-refractivity contribution in [3.63, 3.8) is 0 Å². The summed E-state index contributed by atoms with van der Waals surface area (Å²) in [7, 11) is -2.38. The second-order valence-electron chi connectivity index (χ2n) is 3.28. The van der Waals surface area contributed by atoms with Crippen LogP contribution in [0.1, 0.15) is 10.4 Å². The third-order valence-corrected chi connectivity index (χ3v) is 3.41. The van der Waals surface area contributed by atoms with Gasteiger partial charge in [-0.15, -0.1) is 0 Å². The minimum Gasteiger partial charge on any atom is -0.452 e. The van der Waals surface area contributed by atoms with Crippen LogP contribution in [0, 0.1) is 0 Å². The molecule has 0 fully saturated rings. The third-order valence-electron chi connectivity index (χ3n) is 1.99. The Kier molecular flexibility index (Phi) is 4.40. The second kappa shape index (κ2) is 5.61. The molecule has 1 aromatic rings. The fourth-order valence-corrected chi connectivity index (χ4v) is 1.90. The number of ether oxygens (including phenoxy) is 1. The number of amides is 1. The fraction of sp³-hybridized carbons (Fsp3) is 0.200. The molecule has 7 nitrogen and oxygen atoms in total. The van der Waals surface area contributed by atoms with Crippen LogP contribution in [0.15, 0.2) is 29.2 Å². The molecule has 0 heterocycles. The van der Waals surface area contributed by atoms with Crippen molar-refractivity contribution < 1.29 is 22.7 Å². The smallest absolute Gasteiger partial charge is 0.338 e. The van der Waals surface area contributed by atoms with Crippen LogP contribution in [0.25, 0.3) is 0 Å². The predicted octanol–water partition coefficient (Wildman–Crippen LogP) is -0.763. The first-order valence-electron chi connectivity index (χ1n) is 4.86. The Balaban J connectivity index is 2.96. The maximum absolute atomic E-state index is 11.5. The van der Waals surface area contributed by atoms with E-state index in [2.05, 4.69) is 9.46 Å². The molecule has 0 saturated heterocycles. The quantitative estimate of drug-likeness (QED) is 0.683. The number of sulfonamides is 1. The molecule has 1 rings (SSSR count). The van der Waals surface area contributed by atoms with Crippen LogP contribution in [0.2, 0.25) is 0 Å². The van der Waals surface area contributed by atoms with Crippen molar-refractivity contribution in [1.29, 1.82) is 0 Å². The minimum absolute atomic E-state index is 0.0209. The number of carbonyl (C=O) groups excluding carboxylic acids is 2. The van der Waals surface area contributed by atoms with Crippen molar-refractivity contribution >= 4 is 21.9 Å². The van der Waals surface area contributed by atoms with Crippen LogP contribution < -0.4 is 10.5 Å². The van der Waals surface area contributed by atoms with E-state index < -0.39 is 28.5 Å². The van der Waals surface area contributed by atoms with E-state index >= 15 is 0 Å². The highest BCUT2D eigenvalue weighted by Crippen LogP contribution is 2.11. The lowest BCUT2D eigenvalue weighted by Crippen LogP contribution is -2.21. The number of primary amides is 1. The molecular weight excluding hydrogens is 260 g/mol. The van der Waals surface area contributed by atoms with E-state index in [9.17, 15) is 18.0 Å². The summed E-state index contributed by atoms with van der Waals surface area (Å²) in [6.45, 7) is -0.554. The van der Waals surface area contributed by atoms with Crippen LogP contribution in [-0.2, 0) is 19.6 Å². The molecule has 0 aromatic heterocycles. The van der Waals surface area contributed by atoms with Crippen LogP contribution in [0.5, 0.6) is 0 Å². The maximum atomic E-state index is 11.5. The van der Waals surface area contributed by atoms with E-state index in [1.807, 2.05) is 0 Å². The van der Waals surface area contributed by atoms with Gasteiger partial charge in [-0.1, -0.05) is 6.07 Å². The molecule has 0 saturated carbocycles. The third kappa shape index (κ3) is 3.54. The van der Waals surface area contributed by atoms with Crippen molar-refractivity contribution in [1.82, 2.24) is 4.72 Å². The lowest BCUT2D eigenvalue weighted by atomic mass is 10.2. The Morgan fingerprint density at radius 2 is 2.06 bits per heavy atom. The average molecular weight is 272 g/mol. The highest BCUT2D eigenvalue weighted by Gasteiger charge is 2.15. The van der Waals surface area contributed by atoms with E-state index in [0.717, 1.165) is 6.07 Å². The maximum Gasteiger partial charge on any atom is 0.338 e. The topological polar surface area (TPSA) is 116 Å². The molecule has 0 bridgehead atoms. The highest BCUT2D eigenvalue weighted by molar-refractivity contribution is 7.89. The lowest BCUT2D eigenvalue weighted by Gasteiger charge is -2.05. The van der Waals surface area contributed by atoms with Gasteiger partial charge in [0.25, 0.3) is 5.91 Å². The molecule has 98 valence electrons. The standard InChI is InChI=1S/C10H12N2O5S/c1-12-18(15,16)8-4-2-3-7(5-8)10(14)17-6-9(11)13/h2-5,12H,6H2,1H3,(H2,11,13). The number of benzene rings is 1. The summed E-state index contributed by atoms with van der Waals surface area (Å²) in [6.07, 6.45) is 0. The predicted molar refractivity (Wildman–Crippen MR) is 62.2 cm³/mol. The molecule has 0 aliphatic rings. The van der Waals surface area contributed by atoms with Gasteiger partial charge >= 0.3 is 5.97 Å². The zero-order chi connectivity index (χ0) is 13.8. The van der Waals surface area contributed by atoms with Gasteiger partial charge in [-0.05, 0) is 25.2 Å². The molecule has 0 unspecified atom stereocenters. The van der Waals surface area contributed by atoms with E-state index in [1.165, 1.54) is 25.2 Å². The molecule has 0 atom stereocenters. The van der Waals surface area contributed by atoms with Crippen LogP contribution >= 0.6 is 0 Å². The normalized spacial score (nSPS) is 10.9. The van der Waals surface area contributed by atoms with Gasteiger partial charge in [0.2, 0.25) is 10.0 Å². The Bertz CT molecular complexity index is 567. The van der Waals surface area contributed by atoms with Gasteiger partial charge in [0.1, 0.15) is 0 Å². The van der Waals surface area contributed by atoms with Gasteiger partial charge in [-0.3, -0.25) is 4.79 Å². The Morgan fingerprint density at radius 1 is 1.39 bits per heavy atom. The summed E-state index contributed by atoms with van der Waals surface area (Å²) < 4.78 is 29.7. The first-order valence-corrected chi connectivity index (χ1v) is 6.34. The van der Waals surface area contributed by atoms with E-state index in [4.69, 9.17) is 5.73 Å². The summed E-state index contributed by atoms with van der Waals surface area (Å²) in [6, 6.07) is 5.24. The molecule has 1 amide bonds. The van der Waals surface area contributed by atoms with Gasteiger partial charge < -0.3 is 10.5 Å². The fourth-order valence-electron chi connectivity index (χ4n) is 1.13. The lowest BCUT2D eigenvalue weighted by molar-refractivity contribution is -0.121. The first kappa shape index (κ1) is 14.1. The van der Waals surface area contributed by atoms with Crippen LogP contribution in [0.3, 0.4) is 0 Å². The highest BCUT2D eigenvalue weighted by atomic mass is 32.2. The summed E-state index contributed by atoms with van der Waals surface area (Å²) >= 11 is 0. The van der Waals surface area contributed by atoms with Crippen LogP contribution in [-0.4, -0.2) is 33.9 Å². The first-order chi connectivity index (χ1) is 8.36. The molecule has 0 spiro atoms. The Labute approximate surface area is 104 Å². The van der Waals surface area contributed by atoms with E-state index in [1.54, 1.807) is 0 Å². The van der Waals surface area contributed by atoms with Crippen molar-refractivity contribution in [2.24, 2.45) is 5.73 Å². The monoisotopic (exact) mass is 272 g/mol. The molecule has 0 aliphatic heterocycles. The molecule has 18 heavy (non-hydrogen) atoms. The van der Waals surface area contributed by atoms with Crippen LogP contribution in [0.4, 0.5) is 0 Å². The SMILES string of the molecule is CNS(=O)(=O)c1cccc(C(=O)OCC(N)=O)c1. The van der Waals surface area contributed by atoms with Crippen molar-refractivity contribution in [2.75, 3.05) is 13.7 Å². The molecule has 0 radical (unpaired) electrons. The molecule has 3 N–H and O–H groups in total. The second-order valence-corrected chi connectivity index (χ2v) is 5.16. The molecule has 0 aliphatic carbocycles. The summed E-state index contributed by atoms with van der Waals surface area (Å²) in [5.74, 6) is -1.61. The van der Waals surface area contributed by atoms with Crippen molar-refractivity contribution in [3.8, 4) is 0 Å². The van der Waals surface area contributed by atoms with Gasteiger partial charge in [0.05, 0.1) is 10.5 Å². The largest absolute Gasteiger partial charge is 0.452 e. The molecular formula is C10H12N2O5S. The number of hydrogen-bond acceptors (Lipinski definition) is 5. The van der Waals surface area contributed by atoms with Gasteiger partial charge in [0.15, 0.2) is 6.61 Å². The minimum atomic E-state index is -3.63. The molecule has 8 heteroatoms. The van der Waals surface area contributed by atoms with Crippen molar-refractivity contribution in [2.45, 2.75) is 4.90 Å². The average Bonchev–Trinajstić information content (AvgIpc) is 2.36. The van der Waals surface area contributed by atoms with Gasteiger partial charge in [-0.25, -0.2) is 17.9 Å². The summed E-state index contributed by atoms with van der Waals surface area (Å²) in [5.41, 5.74) is 4.84. The molecule has 1 aromatic carbocycles. The summed E-state index contributed by atoms with van der Waals surface area (Å²) in [4.78, 5) is 21.8. The number of nitrogens with one attached hydrogen (secondary N) is 1. The summed E-state index contributed by atoms with van der Waals surface area (Å²) in [5, 5.41) is 0. The number of carbonyl (C=O) groups is 2. The van der Waals surface area contributed by atoms with Crippen molar-refractivity contribution in [3.05, 3.63) is 29.8 Å². The zero-order valence-electron chi connectivity index (χ0n) is 9.54. The number of esters is 1. The van der Waals surface area contributed by atoms with Gasteiger partial charge in [-0.2, -0.15) is 0 Å². The zero-order valence-corrected chi connectivity index (χ0v) is 10.4. The van der Waals surface area contributed by atoms with E-state index in [0.29, 0.717) is 0 Å². The van der Waals surface area contributed by atoms with E-state index in [-0.39, 0.29) is 10.5 Å². The number of nitrogens with two attached hydrogens (primary N) is 1. The van der Waals surface area contributed by atoms with Gasteiger partial charge in [0, 0.05) is 0 Å².